The van der Waals surface area contributed by atoms with Crippen LogP contribution in [0.3, 0.4) is 0 Å². The summed E-state index contributed by atoms with van der Waals surface area (Å²) < 4.78 is 11.1. The lowest BCUT2D eigenvalue weighted by atomic mass is 9.91. The molecule has 220 valence electrons. The maximum atomic E-state index is 14.1. The number of rotatable bonds is 7. The van der Waals surface area contributed by atoms with Crippen LogP contribution in [-0.2, 0) is 9.59 Å². The summed E-state index contributed by atoms with van der Waals surface area (Å²) in [5.74, 6) is 0.745. The molecule has 0 spiro atoms. The first-order valence-electron chi connectivity index (χ1n) is 13.6. The van der Waals surface area contributed by atoms with E-state index in [1.807, 2.05) is 44.2 Å². The van der Waals surface area contributed by atoms with E-state index in [1.165, 1.54) is 13.8 Å². The zero-order valence-corrected chi connectivity index (χ0v) is 26.5. The van der Waals surface area contributed by atoms with Gasteiger partial charge in [-0.15, -0.1) is 23.5 Å². The van der Waals surface area contributed by atoms with E-state index < -0.39 is 16.8 Å². The van der Waals surface area contributed by atoms with Crippen LogP contribution in [0.2, 0.25) is 5.02 Å². The highest BCUT2D eigenvalue weighted by molar-refractivity contribution is 8.01. The molecule has 5 rings (SSSR count). The summed E-state index contributed by atoms with van der Waals surface area (Å²) in [7, 11) is 1.55. The van der Waals surface area contributed by atoms with E-state index in [2.05, 4.69) is 5.32 Å². The molecule has 0 aromatic heterocycles. The Morgan fingerprint density at radius 2 is 1.79 bits per heavy atom. The molecule has 2 heterocycles. The third-order valence-electron chi connectivity index (χ3n) is 7.49. The summed E-state index contributed by atoms with van der Waals surface area (Å²) >= 11 is 10.0. The van der Waals surface area contributed by atoms with Crippen molar-refractivity contribution in [2.45, 2.75) is 49.2 Å². The van der Waals surface area contributed by atoms with Gasteiger partial charge in [0.2, 0.25) is 5.91 Å². The maximum absolute atomic E-state index is 14.1. The van der Waals surface area contributed by atoms with Crippen LogP contribution in [0.1, 0.15) is 59.9 Å². The molecule has 3 aromatic rings. The Labute approximate surface area is 259 Å². The molecule has 1 unspecified atom stereocenters. The van der Waals surface area contributed by atoms with Crippen LogP contribution in [0.4, 0.5) is 0 Å². The van der Waals surface area contributed by atoms with Gasteiger partial charge in [0.1, 0.15) is 22.9 Å². The summed E-state index contributed by atoms with van der Waals surface area (Å²) in [6.45, 7) is 7.67. The second-order valence-corrected chi connectivity index (χ2v) is 14.1. The normalized spacial score (nSPS) is 21.3. The van der Waals surface area contributed by atoms with Gasteiger partial charge in [0.25, 0.3) is 0 Å². The second-order valence-electron chi connectivity index (χ2n) is 10.7. The predicted molar refractivity (Wildman–Crippen MR) is 169 cm³/mol. The highest BCUT2D eigenvalue weighted by Gasteiger charge is 2.53. The highest BCUT2D eigenvalue weighted by atomic mass is 35.5. The second kappa shape index (κ2) is 12.3. The minimum atomic E-state index is -0.863. The van der Waals surface area contributed by atoms with Crippen molar-refractivity contribution in [3.63, 3.8) is 0 Å². The zero-order valence-electron chi connectivity index (χ0n) is 24.1. The van der Waals surface area contributed by atoms with E-state index >= 15 is 0 Å². The molecular formula is C32H33ClN2O5S2. The molecule has 1 N–H and O–H groups in total. The number of carbonyl (C=O) groups excluding carboxylic acids is 3. The number of thioether (sulfide) groups is 2. The number of nitrogens with zero attached hydrogens (tertiary/aromatic N) is 1. The summed E-state index contributed by atoms with van der Waals surface area (Å²) in [4.78, 5) is 41.7. The zero-order chi connectivity index (χ0) is 30.2. The SMILES string of the molecule is COc1ccc(OC(=O)[C@@H]2N(C(C)=O)[C@H](c3ccccc3)SC2(C)C)c(-c2c(C(C)=O)ccc(Cl)c2C2NCCS2)c1. The van der Waals surface area contributed by atoms with Gasteiger partial charge < -0.3 is 19.7 Å². The number of carbonyl (C=O) groups is 3. The van der Waals surface area contributed by atoms with Gasteiger partial charge in [0, 0.05) is 51.2 Å². The monoisotopic (exact) mass is 624 g/mol. The lowest BCUT2D eigenvalue weighted by molar-refractivity contribution is -0.148. The molecule has 0 saturated carbocycles. The van der Waals surface area contributed by atoms with Gasteiger partial charge in [0.05, 0.1) is 12.5 Å². The van der Waals surface area contributed by atoms with E-state index in [9.17, 15) is 14.4 Å². The number of ketones is 1. The van der Waals surface area contributed by atoms with Gasteiger partial charge in [-0.2, -0.15) is 0 Å². The fourth-order valence-electron chi connectivity index (χ4n) is 5.60. The van der Waals surface area contributed by atoms with Crippen molar-refractivity contribution in [3.8, 4) is 22.6 Å². The molecule has 2 fully saturated rings. The number of benzene rings is 3. The number of ether oxygens (including phenoxy) is 2. The molecule has 0 bridgehead atoms. The minimum absolute atomic E-state index is 0.146. The smallest absolute Gasteiger partial charge is 0.335 e. The van der Waals surface area contributed by atoms with Crippen molar-refractivity contribution in [1.29, 1.82) is 0 Å². The largest absolute Gasteiger partial charge is 0.497 e. The molecule has 0 aliphatic carbocycles. The number of hydrogen-bond donors (Lipinski definition) is 1. The molecule has 3 atom stereocenters. The lowest BCUT2D eigenvalue weighted by Crippen LogP contribution is -2.50. The lowest BCUT2D eigenvalue weighted by Gasteiger charge is -2.30. The average Bonchev–Trinajstić information content (AvgIpc) is 3.59. The fourth-order valence-corrected chi connectivity index (χ4v) is 8.64. The number of hydrogen-bond acceptors (Lipinski definition) is 8. The topological polar surface area (TPSA) is 84.9 Å². The van der Waals surface area contributed by atoms with Gasteiger partial charge >= 0.3 is 5.97 Å². The predicted octanol–water partition coefficient (Wildman–Crippen LogP) is 6.90. The molecule has 2 saturated heterocycles. The van der Waals surface area contributed by atoms with Gasteiger partial charge in [-0.3, -0.25) is 9.59 Å². The first kappa shape index (κ1) is 30.5. The van der Waals surface area contributed by atoms with E-state index in [1.54, 1.807) is 65.9 Å². The van der Waals surface area contributed by atoms with Gasteiger partial charge in [-0.05, 0) is 56.7 Å². The van der Waals surface area contributed by atoms with E-state index in [-0.39, 0.29) is 28.2 Å². The molecule has 3 aromatic carbocycles. The van der Waals surface area contributed by atoms with Crippen LogP contribution < -0.4 is 14.8 Å². The molecule has 10 heteroatoms. The average molecular weight is 625 g/mol. The Hall–Kier alpha value is -2.98. The van der Waals surface area contributed by atoms with Gasteiger partial charge in [0.15, 0.2) is 5.78 Å². The van der Waals surface area contributed by atoms with Crippen LogP contribution in [0, 0.1) is 0 Å². The van der Waals surface area contributed by atoms with Crippen molar-refractivity contribution in [2.75, 3.05) is 19.4 Å². The Morgan fingerprint density at radius 3 is 2.40 bits per heavy atom. The number of amides is 1. The Bertz CT molecular complexity index is 1520. The summed E-state index contributed by atoms with van der Waals surface area (Å²) in [5.41, 5.74) is 3.25. The first-order valence-corrected chi connectivity index (χ1v) is 15.9. The Balaban J connectivity index is 1.62. The molecule has 7 nitrogen and oxygen atoms in total. The molecule has 0 radical (unpaired) electrons. The first-order chi connectivity index (χ1) is 20.0. The third kappa shape index (κ3) is 5.80. The minimum Gasteiger partial charge on any atom is -0.497 e. The number of esters is 1. The molecule has 42 heavy (non-hydrogen) atoms. The van der Waals surface area contributed by atoms with Gasteiger partial charge in [-0.25, -0.2) is 4.79 Å². The van der Waals surface area contributed by atoms with Crippen molar-refractivity contribution in [2.24, 2.45) is 0 Å². The molecular weight excluding hydrogens is 592 g/mol. The fraction of sp³-hybridized carbons (Fsp3) is 0.344. The quantitative estimate of drug-likeness (QED) is 0.173. The van der Waals surface area contributed by atoms with Crippen molar-refractivity contribution >= 4 is 52.8 Å². The third-order valence-corrected chi connectivity index (χ3v) is 10.6. The summed E-state index contributed by atoms with van der Waals surface area (Å²) in [6, 6.07) is 17.4. The summed E-state index contributed by atoms with van der Waals surface area (Å²) in [6.07, 6.45) is 0. The molecule has 2 aliphatic heterocycles. The standard InChI is InChI=1S/C32H33ClN2O5S2/c1-18(36)22-12-13-24(33)27(29-34-15-16-41-29)26(22)23-17-21(39-5)11-14-25(23)40-31(38)28-32(3,4)42-30(35(28)19(2)37)20-9-7-6-8-10-20/h6-14,17,28-30,34H,15-16H2,1-5H3/t28-,29?,30-/m0/s1. The van der Waals surface area contributed by atoms with Crippen molar-refractivity contribution in [3.05, 3.63) is 82.4 Å². The number of Topliss-reactive ketones (excluding diaryl/α,β-unsaturated/α-hetero) is 1. The van der Waals surface area contributed by atoms with E-state index in [4.69, 9.17) is 21.1 Å². The maximum Gasteiger partial charge on any atom is 0.335 e. The number of nitrogens with one attached hydrogen (secondary N) is 1. The summed E-state index contributed by atoms with van der Waals surface area (Å²) in [5, 5.41) is 3.46. The Kier molecular flexibility index (Phi) is 8.94. The Morgan fingerprint density at radius 1 is 1.05 bits per heavy atom. The van der Waals surface area contributed by atoms with Crippen LogP contribution in [-0.4, -0.2) is 52.8 Å². The number of methoxy groups -OCH3 is 1. The van der Waals surface area contributed by atoms with Crippen molar-refractivity contribution in [1.82, 2.24) is 10.2 Å². The van der Waals surface area contributed by atoms with Crippen LogP contribution in [0.5, 0.6) is 11.5 Å². The molecule has 1 amide bonds. The van der Waals surface area contributed by atoms with Crippen molar-refractivity contribution < 1.29 is 23.9 Å². The van der Waals surface area contributed by atoms with E-state index in [0.29, 0.717) is 27.5 Å². The van der Waals surface area contributed by atoms with Crippen LogP contribution in [0.25, 0.3) is 11.1 Å². The van der Waals surface area contributed by atoms with Crippen LogP contribution >= 0.6 is 35.1 Å². The van der Waals surface area contributed by atoms with Gasteiger partial charge in [-0.1, -0.05) is 41.9 Å². The van der Waals surface area contributed by atoms with E-state index in [0.717, 1.165) is 23.4 Å². The number of halogens is 1. The van der Waals surface area contributed by atoms with Crippen LogP contribution in [0.15, 0.2) is 60.7 Å². The highest BCUT2D eigenvalue weighted by Crippen LogP contribution is 2.53. The molecule has 2 aliphatic rings.